The molecule has 0 atom stereocenters. The number of halogens is 2. The second-order valence-electron chi connectivity index (χ2n) is 11.5. The Balaban J connectivity index is 0.000000267. The van der Waals surface area contributed by atoms with E-state index in [2.05, 4.69) is 79.7 Å². The Morgan fingerprint density at radius 2 is 1.02 bits per heavy atom. The summed E-state index contributed by atoms with van der Waals surface area (Å²) in [4.78, 5) is 0. The first-order valence-electron chi connectivity index (χ1n) is 14.7. The molecule has 0 radical (unpaired) electrons. The van der Waals surface area contributed by atoms with Crippen molar-refractivity contribution in [3.05, 3.63) is 100 Å². The van der Waals surface area contributed by atoms with Crippen molar-refractivity contribution in [1.29, 1.82) is 0 Å². The van der Waals surface area contributed by atoms with Gasteiger partial charge in [0.05, 0.1) is 7.11 Å². The lowest BCUT2D eigenvalue weighted by atomic mass is 9.89. The maximum absolute atomic E-state index is 12.4. The quantitative estimate of drug-likeness (QED) is 0.303. The lowest BCUT2D eigenvalue weighted by Gasteiger charge is -2.24. The molecule has 0 unspecified atom stereocenters. The first-order valence-corrected chi connectivity index (χ1v) is 15.0. The number of benzene rings is 3. The molecular formula is C36H52ClFO2. The van der Waals surface area contributed by atoms with Crippen LogP contribution >= 0.6 is 11.6 Å². The van der Waals surface area contributed by atoms with Gasteiger partial charge in [0.2, 0.25) is 0 Å². The minimum absolute atomic E-state index is 0.163. The zero-order valence-corrected chi connectivity index (χ0v) is 27.0. The molecule has 1 fully saturated rings. The molecule has 0 saturated carbocycles. The predicted molar refractivity (Wildman–Crippen MR) is 171 cm³/mol. The van der Waals surface area contributed by atoms with Crippen LogP contribution in [0.3, 0.4) is 0 Å². The van der Waals surface area contributed by atoms with Gasteiger partial charge in [0.25, 0.3) is 0 Å². The number of hydrogen-bond acceptors (Lipinski definition) is 2. The van der Waals surface area contributed by atoms with Gasteiger partial charge in [-0.1, -0.05) is 103 Å². The van der Waals surface area contributed by atoms with Crippen LogP contribution in [0.2, 0.25) is 5.02 Å². The Morgan fingerprint density at radius 3 is 1.35 bits per heavy atom. The molecule has 3 aromatic rings. The summed E-state index contributed by atoms with van der Waals surface area (Å²) in [7, 11) is 1.68. The summed E-state index contributed by atoms with van der Waals surface area (Å²) in [5.41, 5.74) is 3.87. The van der Waals surface area contributed by atoms with Crippen LogP contribution in [0.25, 0.3) is 0 Å². The maximum Gasteiger partial charge on any atom is 0.123 e. The number of methoxy groups -OCH3 is 1. The molecule has 0 amide bonds. The van der Waals surface area contributed by atoms with E-state index in [0.29, 0.717) is 17.8 Å². The third-order valence-electron chi connectivity index (χ3n) is 7.06. The van der Waals surface area contributed by atoms with Crippen molar-refractivity contribution in [2.45, 2.75) is 86.0 Å². The monoisotopic (exact) mass is 570 g/mol. The first-order chi connectivity index (χ1) is 18.9. The lowest BCUT2D eigenvalue weighted by molar-refractivity contribution is 0.0523. The smallest absolute Gasteiger partial charge is 0.123 e. The summed E-state index contributed by atoms with van der Waals surface area (Å²) in [6.07, 6.45) is 2.55. The highest BCUT2D eigenvalue weighted by molar-refractivity contribution is 6.30. The second kappa shape index (κ2) is 19.7. The molecule has 0 N–H and O–H groups in total. The third kappa shape index (κ3) is 14.9. The van der Waals surface area contributed by atoms with Gasteiger partial charge in [-0.15, -0.1) is 0 Å². The Labute approximate surface area is 249 Å². The fraction of sp³-hybridized carbons (Fsp3) is 0.500. The van der Waals surface area contributed by atoms with Crippen molar-refractivity contribution in [3.8, 4) is 5.75 Å². The summed E-state index contributed by atoms with van der Waals surface area (Å²) < 4.78 is 22.6. The van der Waals surface area contributed by atoms with Gasteiger partial charge in [0.15, 0.2) is 0 Å². The van der Waals surface area contributed by atoms with E-state index < -0.39 is 0 Å². The van der Waals surface area contributed by atoms with Gasteiger partial charge in [0.1, 0.15) is 11.6 Å². The zero-order valence-electron chi connectivity index (χ0n) is 26.2. The highest BCUT2D eigenvalue weighted by Crippen LogP contribution is 2.22. The minimum Gasteiger partial charge on any atom is -0.497 e. The third-order valence-corrected chi connectivity index (χ3v) is 7.32. The van der Waals surface area contributed by atoms with E-state index in [0.717, 1.165) is 35.8 Å². The van der Waals surface area contributed by atoms with Gasteiger partial charge in [-0.25, -0.2) is 4.39 Å². The molecular weight excluding hydrogens is 519 g/mol. The number of ether oxygens (including phenoxy) is 2. The highest BCUT2D eigenvalue weighted by atomic mass is 35.5. The van der Waals surface area contributed by atoms with Crippen LogP contribution in [0.1, 0.15) is 103 Å². The van der Waals surface area contributed by atoms with E-state index in [1.54, 1.807) is 7.11 Å². The summed E-state index contributed by atoms with van der Waals surface area (Å²) >= 11 is 5.72. The van der Waals surface area contributed by atoms with E-state index in [1.807, 2.05) is 36.4 Å². The van der Waals surface area contributed by atoms with Crippen LogP contribution in [-0.4, -0.2) is 20.3 Å². The first kappa shape index (κ1) is 35.7. The molecule has 2 nitrogen and oxygen atoms in total. The van der Waals surface area contributed by atoms with Gasteiger partial charge in [0, 0.05) is 18.2 Å². The lowest BCUT2D eigenvalue weighted by Crippen LogP contribution is -2.19. The van der Waals surface area contributed by atoms with Gasteiger partial charge < -0.3 is 9.47 Å². The molecule has 1 heterocycles. The second-order valence-corrected chi connectivity index (χ2v) is 12.0. The summed E-state index contributed by atoms with van der Waals surface area (Å²) in [6, 6.07) is 22.8. The Hall–Kier alpha value is -2.36. The number of hydrogen-bond donors (Lipinski definition) is 0. The fourth-order valence-electron chi connectivity index (χ4n) is 4.07. The van der Waals surface area contributed by atoms with Gasteiger partial charge in [-0.3, -0.25) is 0 Å². The molecule has 0 aromatic heterocycles. The molecule has 4 rings (SSSR count). The topological polar surface area (TPSA) is 18.5 Å². The largest absolute Gasteiger partial charge is 0.497 e. The van der Waals surface area contributed by atoms with Crippen molar-refractivity contribution >= 4 is 11.6 Å². The molecule has 0 bridgehead atoms. The molecule has 1 aliphatic rings. The summed E-state index contributed by atoms with van der Waals surface area (Å²) in [6.45, 7) is 19.5. The SMILES string of the molecule is CC(C)C1CCOCC1.CC(C)c1ccc(Cl)cc1.CC(C)c1ccc(F)cc1.COc1ccc(C(C)C)cc1. The van der Waals surface area contributed by atoms with Crippen molar-refractivity contribution in [2.24, 2.45) is 11.8 Å². The van der Waals surface area contributed by atoms with Crippen LogP contribution in [0, 0.1) is 17.7 Å². The molecule has 0 aliphatic carbocycles. The summed E-state index contributed by atoms with van der Waals surface area (Å²) in [5.74, 6) is 4.23. The van der Waals surface area contributed by atoms with Crippen molar-refractivity contribution < 1.29 is 13.9 Å². The van der Waals surface area contributed by atoms with Gasteiger partial charge >= 0.3 is 0 Å². The zero-order chi connectivity index (χ0) is 30.1. The van der Waals surface area contributed by atoms with E-state index >= 15 is 0 Å². The normalized spacial score (nSPS) is 13.2. The number of rotatable bonds is 5. The average Bonchev–Trinajstić information content (AvgIpc) is 2.95. The van der Waals surface area contributed by atoms with E-state index in [1.165, 1.54) is 41.7 Å². The Kier molecular flexibility index (Phi) is 17.5. The maximum atomic E-state index is 12.4. The molecule has 40 heavy (non-hydrogen) atoms. The van der Waals surface area contributed by atoms with E-state index in [4.69, 9.17) is 21.1 Å². The van der Waals surface area contributed by atoms with Gasteiger partial charge in [-0.05, 0) is 95.5 Å². The van der Waals surface area contributed by atoms with Crippen molar-refractivity contribution in [3.63, 3.8) is 0 Å². The molecule has 222 valence electrons. The van der Waals surface area contributed by atoms with Crippen LogP contribution in [0.15, 0.2) is 72.8 Å². The molecule has 0 spiro atoms. The van der Waals surface area contributed by atoms with Gasteiger partial charge in [-0.2, -0.15) is 0 Å². The van der Waals surface area contributed by atoms with Crippen molar-refractivity contribution in [1.82, 2.24) is 0 Å². The highest BCUT2D eigenvalue weighted by Gasteiger charge is 2.16. The predicted octanol–water partition coefficient (Wildman–Crippen LogP) is 11.3. The fourth-order valence-corrected chi connectivity index (χ4v) is 4.19. The van der Waals surface area contributed by atoms with E-state index in [9.17, 15) is 4.39 Å². The molecule has 3 aromatic carbocycles. The van der Waals surface area contributed by atoms with Crippen molar-refractivity contribution in [2.75, 3.05) is 20.3 Å². The molecule has 4 heteroatoms. The van der Waals surface area contributed by atoms with Crippen LogP contribution < -0.4 is 4.74 Å². The molecule has 1 aliphatic heterocycles. The standard InChI is InChI=1S/C10H14O.C9H11Cl.C9H11F.C8H16O/c1-8(2)9-4-6-10(11-3)7-5-9;2*1-7(2)8-3-5-9(10)6-4-8;1-7(2)8-3-5-9-6-4-8/h4-8H,1-3H3;2*3-7H,1-2H3;7-8H,3-6H2,1-2H3. The Morgan fingerprint density at radius 1 is 0.650 bits per heavy atom. The van der Waals surface area contributed by atoms with Crippen LogP contribution in [0.4, 0.5) is 4.39 Å². The average molecular weight is 571 g/mol. The van der Waals surface area contributed by atoms with Crippen LogP contribution in [0.5, 0.6) is 5.75 Å². The minimum atomic E-state index is -0.163. The summed E-state index contributed by atoms with van der Waals surface area (Å²) in [5, 5.41) is 0.810. The molecule has 1 saturated heterocycles. The Bertz CT molecular complexity index is 970. The van der Waals surface area contributed by atoms with Crippen LogP contribution in [-0.2, 0) is 4.74 Å². The van der Waals surface area contributed by atoms with E-state index in [-0.39, 0.29) is 5.82 Å².